The molecule has 32 heavy (non-hydrogen) atoms. The number of benzene rings is 1. The van der Waals surface area contributed by atoms with Crippen LogP contribution in [0, 0.1) is 23.7 Å². The average molecular weight is 478 g/mol. The number of fused-ring (bicyclic) bond motifs is 5. The number of hydrogen-bond acceptors (Lipinski definition) is 4. The van der Waals surface area contributed by atoms with Gasteiger partial charge < -0.3 is 4.90 Å². The van der Waals surface area contributed by atoms with Crippen molar-refractivity contribution in [1.82, 2.24) is 9.80 Å². The van der Waals surface area contributed by atoms with Gasteiger partial charge in [-0.2, -0.15) is 0 Å². The number of hydrogen-bond donors (Lipinski definition) is 0. The van der Waals surface area contributed by atoms with Crippen LogP contribution in [0.5, 0.6) is 0 Å². The van der Waals surface area contributed by atoms with E-state index in [2.05, 4.69) is 9.80 Å². The standard InChI is InChI=1S/C25H33Cl2N3O2/c26-19-6-5-7-20(23(19)27)29-14-12-28(13-15-29)10-3-1-2-4-11-30-24(31)21-17-8-9-18(16-17)22(21)25(30)32/h5-7,17-18,21-22H,1-4,8-16H2/t17-,18+,21+,22-. The Kier molecular flexibility index (Phi) is 6.69. The highest BCUT2D eigenvalue weighted by molar-refractivity contribution is 6.43. The number of anilines is 1. The van der Waals surface area contributed by atoms with Gasteiger partial charge in [-0.15, -0.1) is 0 Å². The highest BCUT2D eigenvalue weighted by atomic mass is 35.5. The molecule has 4 aliphatic rings. The van der Waals surface area contributed by atoms with Gasteiger partial charge in [0.1, 0.15) is 0 Å². The lowest BCUT2D eigenvalue weighted by molar-refractivity contribution is -0.140. The van der Waals surface area contributed by atoms with E-state index in [1.807, 2.05) is 18.2 Å². The van der Waals surface area contributed by atoms with E-state index in [0.29, 0.717) is 28.4 Å². The largest absolute Gasteiger partial charge is 0.368 e. The van der Waals surface area contributed by atoms with Crippen molar-refractivity contribution in [1.29, 1.82) is 0 Å². The number of likely N-dealkylation sites (tertiary alicyclic amines) is 1. The van der Waals surface area contributed by atoms with Crippen LogP contribution >= 0.6 is 23.2 Å². The van der Waals surface area contributed by atoms with Gasteiger partial charge in [-0.3, -0.25) is 19.4 Å². The second-order valence-electron chi connectivity index (χ2n) is 10.0. The second-order valence-corrected chi connectivity index (χ2v) is 10.8. The van der Waals surface area contributed by atoms with Crippen LogP contribution in [0.3, 0.4) is 0 Å². The molecule has 2 saturated heterocycles. The summed E-state index contributed by atoms with van der Waals surface area (Å²) < 4.78 is 0. The Bertz CT molecular complexity index is 843. The van der Waals surface area contributed by atoms with Gasteiger partial charge in [0.15, 0.2) is 0 Å². The summed E-state index contributed by atoms with van der Waals surface area (Å²) in [6.07, 6.45) is 7.74. The molecule has 5 nitrogen and oxygen atoms in total. The molecule has 4 fully saturated rings. The molecule has 2 bridgehead atoms. The molecule has 2 amide bonds. The quantitative estimate of drug-likeness (QED) is 0.401. The first-order valence-corrected chi connectivity index (χ1v) is 13.1. The van der Waals surface area contributed by atoms with Gasteiger partial charge >= 0.3 is 0 Å². The molecule has 4 atom stereocenters. The first kappa shape index (κ1) is 22.5. The van der Waals surface area contributed by atoms with E-state index in [-0.39, 0.29) is 23.7 Å². The third-order valence-electron chi connectivity index (χ3n) is 8.27. The molecule has 1 aromatic rings. The predicted molar refractivity (Wildman–Crippen MR) is 128 cm³/mol. The Morgan fingerprint density at radius 3 is 2.09 bits per heavy atom. The second kappa shape index (κ2) is 9.52. The van der Waals surface area contributed by atoms with E-state index >= 15 is 0 Å². The molecule has 0 N–H and O–H groups in total. The first-order chi connectivity index (χ1) is 15.5. The topological polar surface area (TPSA) is 43.9 Å². The summed E-state index contributed by atoms with van der Waals surface area (Å²) in [5, 5.41) is 1.26. The number of halogens is 2. The van der Waals surface area contributed by atoms with Crippen LogP contribution in [0.4, 0.5) is 5.69 Å². The van der Waals surface area contributed by atoms with Gasteiger partial charge in [-0.05, 0) is 62.6 Å². The lowest BCUT2D eigenvalue weighted by Gasteiger charge is -2.36. The first-order valence-electron chi connectivity index (χ1n) is 12.3. The van der Waals surface area contributed by atoms with Crippen molar-refractivity contribution < 1.29 is 9.59 Å². The molecule has 2 heterocycles. The van der Waals surface area contributed by atoms with Gasteiger partial charge in [0, 0.05) is 32.7 Å². The fourth-order valence-electron chi connectivity index (χ4n) is 6.60. The van der Waals surface area contributed by atoms with E-state index in [4.69, 9.17) is 23.2 Å². The summed E-state index contributed by atoms with van der Waals surface area (Å²) >= 11 is 12.5. The molecule has 0 spiro atoms. The van der Waals surface area contributed by atoms with Crippen molar-refractivity contribution in [2.45, 2.75) is 44.9 Å². The highest BCUT2D eigenvalue weighted by Gasteiger charge is 2.60. The fraction of sp³-hybridized carbons (Fsp3) is 0.680. The zero-order valence-electron chi connectivity index (χ0n) is 18.6. The maximum Gasteiger partial charge on any atom is 0.233 e. The lowest BCUT2D eigenvalue weighted by Crippen LogP contribution is -2.46. The van der Waals surface area contributed by atoms with Crippen molar-refractivity contribution in [2.75, 3.05) is 44.2 Å². The van der Waals surface area contributed by atoms with Crippen molar-refractivity contribution >= 4 is 40.7 Å². The smallest absolute Gasteiger partial charge is 0.233 e. The summed E-state index contributed by atoms with van der Waals surface area (Å²) in [5.41, 5.74) is 1.03. The van der Waals surface area contributed by atoms with Gasteiger partial charge in [0.2, 0.25) is 11.8 Å². The zero-order valence-corrected chi connectivity index (χ0v) is 20.2. The van der Waals surface area contributed by atoms with Crippen LogP contribution in [0.1, 0.15) is 44.9 Å². The van der Waals surface area contributed by atoms with E-state index in [1.54, 1.807) is 4.90 Å². The molecular weight excluding hydrogens is 445 g/mol. The predicted octanol–water partition coefficient (Wildman–Crippen LogP) is 4.71. The van der Waals surface area contributed by atoms with Crippen LogP contribution in [0.25, 0.3) is 0 Å². The molecule has 5 rings (SSSR count). The molecule has 174 valence electrons. The third kappa shape index (κ3) is 4.17. The van der Waals surface area contributed by atoms with E-state index in [9.17, 15) is 9.59 Å². The Morgan fingerprint density at radius 1 is 0.812 bits per heavy atom. The van der Waals surface area contributed by atoms with Crippen molar-refractivity contribution in [3.05, 3.63) is 28.2 Å². The Hall–Kier alpha value is -1.30. The summed E-state index contributed by atoms with van der Waals surface area (Å²) in [4.78, 5) is 32.0. The van der Waals surface area contributed by atoms with E-state index in [0.717, 1.165) is 83.4 Å². The van der Waals surface area contributed by atoms with Crippen molar-refractivity contribution in [3.8, 4) is 0 Å². The van der Waals surface area contributed by atoms with Crippen LogP contribution in [-0.4, -0.2) is 60.9 Å². The van der Waals surface area contributed by atoms with Gasteiger partial charge in [-0.25, -0.2) is 0 Å². The summed E-state index contributed by atoms with van der Waals surface area (Å²) in [7, 11) is 0. The zero-order chi connectivity index (χ0) is 22.2. The number of rotatable bonds is 8. The number of amides is 2. The van der Waals surface area contributed by atoms with E-state index < -0.39 is 0 Å². The summed E-state index contributed by atoms with van der Waals surface area (Å²) in [5.74, 6) is 1.32. The normalized spacial score (nSPS) is 29.9. The van der Waals surface area contributed by atoms with Crippen LogP contribution in [0.2, 0.25) is 10.0 Å². The molecule has 0 unspecified atom stereocenters. The molecule has 2 aliphatic carbocycles. The highest BCUT2D eigenvalue weighted by Crippen LogP contribution is 2.56. The molecule has 0 aromatic heterocycles. The number of piperazine rings is 1. The van der Waals surface area contributed by atoms with Gasteiger partial charge in [0.25, 0.3) is 0 Å². The minimum atomic E-state index is 0.0294. The molecule has 7 heteroatoms. The van der Waals surface area contributed by atoms with Crippen LogP contribution < -0.4 is 4.90 Å². The number of carbonyl (C=O) groups is 2. The number of carbonyl (C=O) groups excluding carboxylic acids is 2. The van der Waals surface area contributed by atoms with Gasteiger partial charge in [0.05, 0.1) is 27.6 Å². The maximum atomic E-state index is 12.8. The lowest BCUT2D eigenvalue weighted by atomic mass is 9.81. The number of imide groups is 1. The molecule has 0 radical (unpaired) electrons. The molecular formula is C25H33Cl2N3O2. The van der Waals surface area contributed by atoms with Crippen LogP contribution in [-0.2, 0) is 9.59 Å². The van der Waals surface area contributed by atoms with E-state index in [1.165, 1.54) is 0 Å². The van der Waals surface area contributed by atoms with Gasteiger partial charge in [-0.1, -0.05) is 42.1 Å². The Balaban J connectivity index is 0.983. The minimum absolute atomic E-state index is 0.0294. The van der Waals surface area contributed by atoms with Crippen LogP contribution in [0.15, 0.2) is 18.2 Å². The van der Waals surface area contributed by atoms with Crippen molar-refractivity contribution in [3.63, 3.8) is 0 Å². The fourth-order valence-corrected chi connectivity index (χ4v) is 7.01. The number of nitrogens with zero attached hydrogens (tertiary/aromatic N) is 3. The summed E-state index contributed by atoms with van der Waals surface area (Å²) in [6.45, 7) is 5.72. The third-order valence-corrected chi connectivity index (χ3v) is 9.08. The molecule has 1 aromatic carbocycles. The average Bonchev–Trinajstić information content (AvgIpc) is 3.48. The van der Waals surface area contributed by atoms with Crippen molar-refractivity contribution in [2.24, 2.45) is 23.7 Å². The molecule has 2 aliphatic heterocycles. The Labute approximate surface area is 201 Å². The molecule has 2 saturated carbocycles. The number of unbranched alkanes of at least 4 members (excludes halogenated alkanes) is 3. The summed E-state index contributed by atoms with van der Waals surface area (Å²) in [6, 6.07) is 5.82. The Morgan fingerprint density at radius 2 is 1.44 bits per heavy atom. The minimum Gasteiger partial charge on any atom is -0.368 e. The SMILES string of the molecule is O=C1[C@@H]2[C@H]3CC[C@H](C3)[C@@H]2C(=O)N1CCCCCCN1CCN(c2cccc(Cl)c2Cl)CC1. The monoisotopic (exact) mass is 477 g/mol. The maximum absolute atomic E-state index is 12.8.